The van der Waals surface area contributed by atoms with Crippen LogP contribution in [0.2, 0.25) is 0 Å². The zero-order valence-electron chi connectivity index (χ0n) is 16.6. The van der Waals surface area contributed by atoms with E-state index in [4.69, 9.17) is 0 Å². The summed E-state index contributed by atoms with van der Waals surface area (Å²) in [7, 11) is 0. The van der Waals surface area contributed by atoms with Crippen molar-refractivity contribution in [3.8, 4) is 0 Å². The highest BCUT2D eigenvalue weighted by Gasteiger charge is 2.15. The van der Waals surface area contributed by atoms with Gasteiger partial charge < -0.3 is 0 Å². The monoisotopic (exact) mass is 404 g/mol. The lowest BCUT2D eigenvalue weighted by molar-refractivity contribution is 0.987. The van der Waals surface area contributed by atoms with Gasteiger partial charge in [0, 0.05) is 11.7 Å². The normalized spacial score (nSPS) is 13.9. The van der Waals surface area contributed by atoms with E-state index in [2.05, 4.69) is 111 Å². The molecule has 3 rings (SSSR count). The Morgan fingerprint density at radius 3 is 1.86 bits per heavy atom. The fraction of sp³-hybridized carbons (Fsp3) is 0.231. The zero-order valence-corrected chi connectivity index (χ0v) is 18.3. The van der Waals surface area contributed by atoms with E-state index in [0.717, 1.165) is 11.5 Å². The molecular formula is C26H28S2. The SMILES string of the molecule is CCSC(SC/C=C(\c1ccccc1)C(C)c1ccccc1)c1ccccc1. The van der Waals surface area contributed by atoms with Gasteiger partial charge >= 0.3 is 0 Å². The van der Waals surface area contributed by atoms with Crippen LogP contribution in [0.4, 0.5) is 0 Å². The molecule has 0 bridgehead atoms. The summed E-state index contributed by atoms with van der Waals surface area (Å²) in [5, 5.41) is 0. The van der Waals surface area contributed by atoms with Gasteiger partial charge in [0.2, 0.25) is 0 Å². The first-order valence-corrected chi connectivity index (χ1v) is 12.0. The van der Waals surface area contributed by atoms with E-state index in [0.29, 0.717) is 10.5 Å². The highest BCUT2D eigenvalue weighted by Crippen LogP contribution is 2.40. The molecule has 2 heteroatoms. The minimum Gasteiger partial charge on any atom is -0.143 e. The smallest absolute Gasteiger partial charge is 0.0754 e. The first-order chi connectivity index (χ1) is 13.8. The Morgan fingerprint density at radius 1 is 0.750 bits per heavy atom. The maximum atomic E-state index is 2.43. The maximum absolute atomic E-state index is 2.43. The van der Waals surface area contributed by atoms with E-state index < -0.39 is 0 Å². The van der Waals surface area contributed by atoms with Gasteiger partial charge in [-0.15, -0.1) is 23.5 Å². The topological polar surface area (TPSA) is 0 Å². The van der Waals surface area contributed by atoms with E-state index in [1.807, 2.05) is 23.5 Å². The van der Waals surface area contributed by atoms with Crippen LogP contribution < -0.4 is 0 Å². The summed E-state index contributed by atoms with van der Waals surface area (Å²) in [5.41, 5.74) is 5.50. The predicted octanol–water partition coefficient (Wildman–Crippen LogP) is 8.06. The molecule has 0 amide bonds. The van der Waals surface area contributed by atoms with E-state index in [1.54, 1.807) is 0 Å². The molecule has 144 valence electrons. The van der Waals surface area contributed by atoms with Crippen molar-refractivity contribution in [2.75, 3.05) is 11.5 Å². The van der Waals surface area contributed by atoms with E-state index in [1.165, 1.54) is 22.3 Å². The maximum Gasteiger partial charge on any atom is 0.0754 e. The molecule has 0 nitrogen and oxygen atoms in total. The number of hydrogen-bond acceptors (Lipinski definition) is 2. The molecule has 0 radical (unpaired) electrons. The summed E-state index contributed by atoms with van der Waals surface area (Å²) in [4.78, 5) is 0. The predicted molar refractivity (Wildman–Crippen MR) is 129 cm³/mol. The lowest BCUT2D eigenvalue weighted by atomic mass is 9.88. The summed E-state index contributed by atoms with van der Waals surface area (Å²) >= 11 is 4.04. The van der Waals surface area contributed by atoms with Gasteiger partial charge in [-0.3, -0.25) is 0 Å². The molecular weight excluding hydrogens is 376 g/mol. The minimum absolute atomic E-state index is 0.373. The summed E-state index contributed by atoms with van der Waals surface area (Å²) in [6.07, 6.45) is 2.43. The fourth-order valence-electron chi connectivity index (χ4n) is 3.32. The number of allylic oxidation sites excluding steroid dienone is 1. The van der Waals surface area contributed by atoms with Gasteiger partial charge in [-0.1, -0.05) is 111 Å². The average Bonchev–Trinajstić information content (AvgIpc) is 2.77. The Bertz CT molecular complexity index is 841. The van der Waals surface area contributed by atoms with Crippen molar-refractivity contribution in [1.29, 1.82) is 0 Å². The third-order valence-electron chi connectivity index (χ3n) is 4.81. The van der Waals surface area contributed by atoms with Crippen LogP contribution in [-0.4, -0.2) is 11.5 Å². The van der Waals surface area contributed by atoms with Crippen LogP contribution in [0.3, 0.4) is 0 Å². The van der Waals surface area contributed by atoms with E-state index >= 15 is 0 Å². The van der Waals surface area contributed by atoms with Crippen LogP contribution in [0.1, 0.15) is 41.0 Å². The molecule has 0 aliphatic carbocycles. The molecule has 0 aliphatic rings. The van der Waals surface area contributed by atoms with Gasteiger partial charge in [0.15, 0.2) is 0 Å². The molecule has 28 heavy (non-hydrogen) atoms. The number of benzene rings is 3. The Kier molecular flexibility index (Phi) is 8.32. The summed E-state index contributed by atoms with van der Waals surface area (Å²) < 4.78 is 0.478. The first kappa shape index (κ1) is 20.8. The third kappa shape index (κ3) is 5.80. The van der Waals surface area contributed by atoms with Gasteiger partial charge in [-0.05, 0) is 28.0 Å². The molecule has 3 aromatic rings. The summed E-state index contributed by atoms with van der Waals surface area (Å²) in [5.74, 6) is 2.51. The summed E-state index contributed by atoms with van der Waals surface area (Å²) in [6, 6.07) is 32.5. The molecule has 0 spiro atoms. The van der Waals surface area contributed by atoms with Crippen LogP contribution >= 0.6 is 23.5 Å². The standard InChI is InChI=1S/C26H28S2/c1-3-27-26(24-17-11-6-12-18-24)28-20-19-25(23-15-9-5-10-16-23)21(2)22-13-7-4-8-14-22/h4-19,21,26H,3,20H2,1-2H3/b25-19-. The second-order valence-corrected chi connectivity index (χ2v) is 9.51. The van der Waals surface area contributed by atoms with Crippen molar-refractivity contribution >= 4 is 29.1 Å². The van der Waals surface area contributed by atoms with Crippen molar-refractivity contribution in [3.63, 3.8) is 0 Å². The zero-order chi connectivity index (χ0) is 19.6. The number of rotatable bonds is 9. The Labute approximate surface area is 178 Å². The largest absolute Gasteiger partial charge is 0.143 e. The molecule has 0 aliphatic heterocycles. The number of thioether (sulfide) groups is 2. The Hall–Kier alpha value is -1.90. The molecule has 3 aromatic carbocycles. The second kappa shape index (κ2) is 11.2. The van der Waals surface area contributed by atoms with Crippen molar-refractivity contribution in [2.45, 2.75) is 24.3 Å². The molecule has 0 fully saturated rings. The van der Waals surface area contributed by atoms with Crippen LogP contribution in [0.15, 0.2) is 97.1 Å². The second-order valence-electron chi connectivity index (χ2n) is 6.69. The van der Waals surface area contributed by atoms with E-state index in [9.17, 15) is 0 Å². The lowest BCUT2D eigenvalue weighted by Crippen LogP contribution is -1.99. The average molecular weight is 405 g/mol. The van der Waals surface area contributed by atoms with Crippen LogP contribution in [0.5, 0.6) is 0 Å². The van der Waals surface area contributed by atoms with Crippen LogP contribution in [0, 0.1) is 0 Å². The minimum atomic E-state index is 0.373. The Morgan fingerprint density at radius 2 is 1.29 bits per heavy atom. The first-order valence-electron chi connectivity index (χ1n) is 9.88. The van der Waals surface area contributed by atoms with Crippen molar-refractivity contribution in [3.05, 3.63) is 114 Å². The van der Waals surface area contributed by atoms with E-state index in [-0.39, 0.29) is 0 Å². The quantitative estimate of drug-likeness (QED) is 0.331. The molecule has 0 aromatic heterocycles. The van der Waals surface area contributed by atoms with Gasteiger partial charge in [-0.2, -0.15) is 0 Å². The van der Waals surface area contributed by atoms with Gasteiger partial charge in [-0.25, -0.2) is 0 Å². The van der Waals surface area contributed by atoms with Crippen LogP contribution in [-0.2, 0) is 0 Å². The third-order valence-corrected chi connectivity index (χ3v) is 7.47. The van der Waals surface area contributed by atoms with Crippen molar-refractivity contribution in [1.82, 2.24) is 0 Å². The molecule has 0 N–H and O–H groups in total. The summed E-state index contributed by atoms with van der Waals surface area (Å²) in [6.45, 7) is 4.55. The fourth-order valence-corrected chi connectivity index (χ4v) is 5.81. The van der Waals surface area contributed by atoms with Crippen molar-refractivity contribution < 1.29 is 0 Å². The number of hydrogen-bond donors (Lipinski definition) is 0. The van der Waals surface area contributed by atoms with Gasteiger partial charge in [0.25, 0.3) is 0 Å². The van der Waals surface area contributed by atoms with Crippen molar-refractivity contribution in [2.24, 2.45) is 0 Å². The molecule has 0 saturated carbocycles. The van der Waals surface area contributed by atoms with Gasteiger partial charge in [0.1, 0.15) is 0 Å². The highest BCUT2D eigenvalue weighted by molar-refractivity contribution is 8.16. The molecule has 2 unspecified atom stereocenters. The lowest BCUT2D eigenvalue weighted by Gasteiger charge is -2.19. The molecule has 0 heterocycles. The van der Waals surface area contributed by atoms with Crippen LogP contribution in [0.25, 0.3) is 5.57 Å². The Balaban J connectivity index is 1.81. The highest BCUT2D eigenvalue weighted by atomic mass is 32.2. The van der Waals surface area contributed by atoms with Gasteiger partial charge in [0.05, 0.1) is 4.58 Å². The molecule has 2 atom stereocenters. The molecule has 0 saturated heterocycles.